The first-order chi connectivity index (χ1) is 19.5. The molecule has 1 amide bonds. The van der Waals surface area contributed by atoms with Crippen LogP contribution in [0, 0.1) is 23.2 Å². The number of methoxy groups -OCH3 is 1. The second-order valence-electron chi connectivity index (χ2n) is 11.1. The van der Waals surface area contributed by atoms with Crippen molar-refractivity contribution in [1.82, 2.24) is 34.9 Å². The average molecular weight is 540 g/mol. The average Bonchev–Trinajstić information content (AvgIpc) is 3.61. The topological polar surface area (TPSA) is 135 Å². The van der Waals surface area contributed by atoms with Crippen molar-refractivity contribution in [2.75, 3.05) is 19.0 Å². The highest BCUT2D eigenvalue weighted by Gasteiger charge is 2.30. The minimum Gasteiger partial charge on any atom is -0.453 e. The van der Waals surface area contributed by atoms with E-state index in [0.29, 0.717) is 24.1 Å². The van der Waals surface area contributed by atoms with Crippen LogP contribution in [-0.4, -0.2) is 55.4 Å². The van der Waals surface area contributed by atoms with E-state index in [1.165, 1.54) is 20.0 Å². The van der Waals surface area contributed by atoms with E-state index in [1.54, 1.807) is 10.7 Å². The zero-order chi connectivity index (χ0) is 27.6. The van der Waals surface area contributed by atoms with Crippen LogP contribution in [0.2, 0.25) is 0 Å². The van der Waals surface area contributed by atoms with Gasteiger partial charge in [-0.05, 0) is 74.6 Å². The standard InChI is InChI=1S/C29H33N9O2/c1-18-3-5-22(6-4-18)37-17-27(35-36-37)24-16-31-26(28-8-7-23-11-20(13-30)15-33-38(23)28)12-25(24)34-21-9-19(10-21)14-32-29(39)40-2/h7-8,11-12,15-19,21-22H,3-6,9-10,14H2,1-2H3,(H,31,34)(H,32,39). The highest BCUT2D eigenvalue weighted by Crippen LogP contribution is 2.37. The van der Waals surface area contributed by atoms with E-state index < -0.39 is 6.09 Å². The molecule has 0 spiro atoms. The van der Waals surface area contributed by atoms with E-state index in [1.807, 2.05) is 41.3 Å². The number of nitrogens with one attached hydrogen (secondary N) is 2. The lowest BCUT2D eigenvalue weighted by atomic mass is 9.80. The number of rotatable bonds is 7. The second-order valence-corrected chi connectivity index (χ2v) is 11.1. The van der Waals surface area contributed by atoms with Crippen LogP contribution in [0.15, 0.2) is 42.9 Å². The molecule has 0 atom stereocenters. The molecule has 11 heteroatoms. The molecule has 0 saturated heterocycles. The van der Waals surface area contributed by atoms with Gasteiger partial charge in [0.25, 0.3) is 0 Å². The first-order valence-electron chi connectivity index (χ1n) is 13.9. The Balaban J connectivity index is 1.28. The van der Waals surface area contributed by atoms with Crippen molar-refractivity contribution in [2.24, 2.45) is 11.8 Å². The number of pyridine rings is 1. The molecule has 0 bridgehead atoms. The van der Waals surface area contributed by atoms with Crippen LogP contribution >= 0.6 is 0 Å². The zero-order valence-corrected chi connectivity index (χ0v) is 22.7. The van der Waals surface area contributed by atoms with E-state index in [-0.39, 0.29) is 6.04 Å². The molecule has 40 heavy (non-hydrogen) atoms. The number of hydrogen-bond donors (Lipinski definition) is 2. The number of hydrogen-bond acceptors (Lipinski definition) is 8. The summed E-state index contributed by atoms with van der Waals surface area (Å²) < 4.78 is 8.51. The summed E-state index contributed by atoms with van der Waals surface area (Å²) in [5.41, 5.74) is 5.57. The lowest BCUT2D eigenvalue weighted by molar-refractivity contribution is 0.164. The molecule has 2 aliphatic rings. The number of aromatic nitrogens is 6. The normalized spacial score (nSPS) is 22.3. The van der Waals surface area contributed by atoms with E-state index in [0.717, 1.165) is 65.5 Å². The third-order valence-electron chi connectivity index (χ3n) is 8.26. The quantitative estimate of drug-likeness (QED) is 0.341. The zero-order valence-electron chi connectivity index (χ0n) is 22.7. The summed E-state index contributed by atoms with van der Waals surface area (Å²) in [6.45, 7) is 2.91. The molecule has 11 nitrogen and oxygen atoms in total. The van der Waals surface area contributed by atoms with E-state index >= 15 is 0 Å². The van der Waals surface area contributed by atoms with Crippen LogP contribution in [0.3, 0.4) is 0 Å². The number of alkyl carbamates (subject to hydrolysis) is 1. The first-order valence-corrected chi connectivity index (χ1v) is 13.9. The molecule has 2 aliphatic carbocycles. The van der Waals surface area contributed by atoms with Crippen LogP contribution in [0.25, 0.3) is 28.2 Å². The van der Waals surface area contributed by atoms with Gasteiger partial charge in [0.05, 0.1) is 48.0 Å². The van der Waals surface area contributed by atoms with Gasteiger partial charge in [0.1, 0.15) is 11.8 Å². The van der Waals surface area contributed by atoms with E-state index in [4.69, 9.17) is 4.98 Å². The molecule has 0 aromatic carbocycles. The highest BCUT2D eigenvalue weighted by molar-refractivity contribution is 5.79. The Hall–Kier alpha value is -4.46. The summed E-state index contributed by atoms with van der Waals surface area (Å²) in [5.74, 6) is 1.16. The monoisotopic (exact) mass is 539 g/mol. The number of anilines is 1. The maximum Gasteiger partial charge on any atom is 0.406 e. The summed E-state index contributed by atoms with van der Waals surface area (Å²) in [4.78, 5) is 16.3. The minimum absolute atomic E-state index is 0.258. The lowest BCUT2D eigenvalue weighted by Gasteiger charge is -2.36. The van der Waals surface area contributed by atoms with Gasteiger partial charge in [-0.2, -0.15) is 10.4 Å². The molecule has 6 rings (SSSR count). The lowest BCUT2D eigenvalue weighted by Crippen LogP contribution is -2.42. The molecule has 0 aliphatic heterocycles. The van der Waals surface area contributed by atoms with Gasteiger partial charge in [0.15, 0.2) is 0 Å². The first kappa shape index (κ1) is 25.8. The number of ether oxygens (including phenoxy) is 1. The summed E-state index contributed by atoms with van der Waals surface area (Å²) in [5, 5.41) is 29.3. The third kappa shape index (κ3) is 5.21. The van der Waals surface area contributed by atoms with Crippen LogP contribution < -0.4 is 10.6 Å². The van der Waals surface area contributed by atoms with Crippen molar-refractivity contribution < 1.29 is 9.53 Å². The van der Waals surface area contributed by atoms with Gasteiger partial charge in [0.2, 0.25) is 0 Å². The predicted molar refractivity (Wildman–Crippen MR) is 149 cm³/mol. The fraction of sp³-hybridized carbons (Fsp3) is 0.448. The number of amides is 1. The van der Waals surface area contributed by atoms with Crippen molar-refractivity contribution >= 4 is 17.3 Å². The fourth-order valence-electron chi connectivity index (χ4n) is 5.80. The summed E-state index contributed by atoms with van der Waals surface area (Å²) in [6, 6.07) is 10.5. The van der Waals surface area contributed by atoms with E-state index in [2.05, 4.69) is 43.8 Å². The molecule has 4 heterocycles. The number of nitrogens with zero attached hydrogens (tertiary/aromatic N) is 7. The second kappa shape index (κ2) is 11.0. The Morgan fingerprint density at radius 2 is 1.98 bits per heavy atom. The van der Waals surface area contributed by atoms with Gasteiger partial charge in [-0.3, -0.25) is 4.98 Å². The highest BCUT2D eigenvalue weighted by atomic mass is 16.5. The fourth-order valence-corrected chi connectivity index (χ4v) is 5.80. The Morgan fingerprint density at radius 3 is 2.75 bits per heavy atom. The van der Waals surface area contributed by atoms with Crippen molar-refractivity contribution in [1.29, 1.82) is 5.26 Å². The summed E-state index contributed by atoms with van der Waals surface area (Å²) in [6.07, 6.45) is 11.6. The number of fused-ring (bicyclic) bond motifs is 1. The van der Waals surface area contributed by atoms with Gasteiger partial charge >= 0.3 is 6.09 Å². The summed E-state index contributed by atoms with van der Waals surface area (Å²) in [7, 11) is 1.38. The predicted octanol–water partition coefficient (Wildman–Crippen LogP) is 4.82. The summed E-state index contributed by atoms with van der Waals surface area (Å²) >= 11 is 0. The smallest absolute Gasteiger partial charge is 0.406 e. The van der Waals surface area contributed by atoms with Gasteiger partial charge in [0, 0.05) is 30.0 Å². The SMILES string of the molecule is COC(=O)NCC1CC(Nc2cc(-c3ccc4cc(C#N)cnn34)ncc2-c2cn(C3CCC(C)CC3)nn2)C1. The van der Waals surface area contributed by atoms with Crippen molar-refractivity contribution in [3.05, 3.63) is 48.4 Å². The maximum absolute atomic E-state index is 11.4. The molecule has 206 valence electrons. The molecular formula is C29H33N9O2. The van der Waals surface area contributed by atoms with Crippen molar-refractivity contribution in [3.8, 4) is 28.7 Å². The number of carbonyl (C=O) groups is 1. The molecule has 0 unspecified atom stereocenters. The van der Waals surface area contributed by atoms with Gasteiger partial charge < -0.3 is 15.4 Å². The molecular weight excluding hydrogens is 506 g/mol. The Kier molecular flexibility index (Phi) is 7.07. The van der Waals surface area contributed by atoms with Crippen LogP contribution in [0.1, 0.15) is 57.1 Å². The molecule has 4 aromatic heterocycles. The van der Waals surface area contributed by atoms with Crippen LogP contribution in [-0.2, 0) is 4.74 Å². The number of nitriles is 1. The van der Waals surface area contributed by atoms with Crippen molar-refractivity contribution in [2.45, 2.75) is 57.5 Å². The van der Waals surface area contributed by atoms with Gasteiger partial charge in [-0.15, -0.1) is 5.10 Å². The third-order valence-corrected chi connectivity index (χ3v) is 8.26. The van der Waals surface area contributed by atoms with Gasteiger partial charge in [-0.1, -0.05) is 12.1 Å². The molecule has 2 saturated carbocycles. The largest absolute Gasteiger partial charge is 0.453 e. The van der Waals surface area contributed by atoms with Crippen molar-refractivity contribution in [3.63, 3.8) is 0 Å². The Labute approximate surface area is 232 Å². The Bertz CT molecular complexity index is 1560. The van der Waals surface area contributed by atoms with Crippen LogP contribution in [0.4, 0.5) is 10.5 Å². The number of carbonyl (C=O) groups excluding carboxylic acids is 1. The van der Waals surface area contributed by atoms with E-state index in [9.17, 15) is 10.1 Å². The molecule has 4 aromatic rings. The Morgan fingerprint density at radius 1 is 1.15 bits per heavy atom. The minimum atomic E-state index is -0.400. The maximum atomic E-state index is 11.4. The van der Waals surface area contributed by atoms with Gasteiger partial charge in [-0.25, -0.2) is 14.0 Å². The molecule has 0 radical (unpaired) electrons. The molecule has 2 fully saturated rings. The van der Waals surface area contributed by atoms with Crippen LogP contribution in [0.5, 0.6) is 0 Å². The molecule has 2 N–H and O–H groups in total.